The fraction of sp³-hybridized carbons (Fsp3) is 0.333. The Kier molecular flexibility index (Phi) is 4.92. The van der Waals surface area contributed by atoms with E-state index in [0.29, 0.717) is 10.0 Å². The van der Waals surface area contributed by atoms with E-state index in [1.165, 1.54) is 0 Å². The molecule has 0 spiro atoms. The number of furan rings is 1. The van der Waals surface area contributed by atoms with Crippen LogP contribution in [0.4, 0.5) is 0 Å². The molecule has 1 atom stereocenters. The molecule has 19 heavy (non-hydrogen) atoms. The molecular formula is C15H17Cl2NO. The summed E-state index contributed by atoms with van der Waals surface area (Å²) in [6.45, 7) is 4.96. The molecule has 2 nitrogen and oxygen atoms in total. The number of benzene rings is 1. The van der Waals surface area contributed by atoms with E-state index in [9.17, 15) is 0 Å². The Balaban J connectivity index is 2.38. The Hall–Kier alpha value is -0.960. The van der Waals surface area contributed by atoms with Crippen molar-refractivity contribution in [2.45, 2.75) is 26.3 Å². The van der Waals surface area contributed by atoms with Gasteiger partial charge in [-0.3, -0.25) is 0 Å². The molecule has 0 bridgehead atoms. The van der Waals surface area contributed by atoms with Crippen LogP contribution in [0.5, 0.6) is 0 Å². The van der Waals surface area contributed by atoms with Crippen LogP contribution in [0, 0.1) is 0 Å². The van der Waals surface area contributed by atoms with Crippen LogP contribution in [0.2, 0.25) is 10.0 Å². The molecule has 1 heterocycles. The van der Waals surface area contributed by atoms with Crippen molar-refractivity contribution in [2.24, 2.45) is 0 Å². The van der Waals surface area contributed by atoms with Gasteiger partial charge in [0, 0.05) is 16.5 Å². The van der Waals surface area contributed by atoms with Crippen LogP contribution in [0.15, 0.2) is 34.7 Å². The van der Waals surface area contributed by atoms with Gasteiger partial charge in [-0.25, -0.2) is 0 Å². The fourth-order valence-electron chi connectivity index (χ4n) is 2.07. The van der Waals surface area contributed by atoms with Crippen molar-refractivity contribution in [1.82, 2.24) is 5.32 Å². The molecule has 0 aliphatic heterocycles. The van der Waals surface area contributed by atoms with Crippen LogP contribution in [0.1, 0.15) is 37.0 Å². The summed E-state index contributed by atoms with van der Waals surface area (Å²) in [6, 6.07) is 9.53. The van der Waals surface area contributed by atoms with E-state index in [-0.39, 0.29) is 6.04 Å². The number of rotatable bonds is 5. The van der Waals surface area contributed by atoms with Gasteiger partial charge in [-0.1, -0.05) is 37.0 Å². The molecule has 1 unspecified atom stereocenters. The Morgan fingerprint density at radius 1 is 1.11 bits per heavy atom. The lowest BCUT2D eigenvalue weighted by molar-refractivity contribution is 0.426. The molecule has 0 aliphatic rings. The van der Waals surface area contributed by atoms with Gasteiger partial charge in [-0.05, 0) is 42.4 Å². The van der Waals surface area contributed by atoms with E-state index in [4.69, 9.17) is 27.6 Å². The number of hydrogen-bond donors (Lipinski definition) is 1. The largest absolute Gasteiger partial charge is 0.464 e. The van der Waals surface area contributed by atoms with Crippen LogP contribution in [0.25, 0.3) is 0 Å². The maximum atomic E-state index is 6.07. The van der Waals surface area contributed by atoms with Crippen molar-refractivity contribution in [2.75, 3.05) is 6.54 Å². The highest BCUT2D eigenvalue weighted by molar-refractivity contribution is 6.34. The maximum Gasteiger partial charge on any atom is 0.125 e. The molecule has 0 saturated carbocycles. The summed E-state index contributed by atoms with van der Waals surface area (Å²) in [7, 11) is 0. The quantitative estimate of drug-likeness (QED) is 0.853. The summed E-state index contributed by atoms with van der Waals surface area (Å²) in [4.78, 5) is 0. The average molecular weight is 298 g/mol. The van der Waals surface area contributed by atoms with E-state index in [1.807, 2.05) is 24.3 Å². The van der Waals surface area contributed by atoms with Crippen LogP contribution in [-0.2, 0) is 6.42 Å². The zero-order valence-corrected chi connectivity index (χ0v) is 12.6. The molecular weight excluding hydrogens is 281 g/mol. The number of nitrogens with one attached hydrogen (secondary N) is 1. The minimum Gasteiger partial charge on any atom is -0.464 e. The van der Waals surface area contributed by atoms with Gasteiger partial charge in [0.1, 0.15) is 11.5 Å². The Morgan fingerprint density at radius 2 is 1.79 bits per heavy atom. The summed E-state index contributed by atoms with van der Waals surface area (Å²) in [5, 5.41) is 4.66. The lowest BCUT2D eigenvalue weighted by Crippen LogP contribution is -2.21. The molecule has 1 aromatic heterocycles. The molecule has 2 rings (SSSR count). The van der Waals surface area contributed by atoms with Gasteiger partial charge in [0.2, 0.25) is 0 Å². The van der Waals surface area contributed by atoms with Crippen molar-refractivity contribution in [3.05, 3.63) is 57.5 Å². The van der Waals surface area contributed by atoms with Gasteiger partial charge in [-0.2, -0.15) is 0 Å². The van der Waals surface area contributed by atoms with Crippen molar-refractivity contribution in [3.8, 4) is 0 Å². The zero-order chi connectivity index (χ0) is 13.8. The molecule has 2 aromatic rings. The highest BCUT2D eigenvalue weighted by atomic mass is 35.5. The minimum absolute atomic E-state index is 0.0264. The van der Waals surface area contributed by atoms with Crippen molar-refractivity contribution < 1.29 is 4.42 Å². The fourth-order valence-corrected chi connectivity index (χ4v) is 2.61. The topological polar surface area (TPSA) is 25.2 Å². The molecule has 102 valence electrons. The summed E-state index contributed by atoms with van der Waals surface area (Å²) in [5.41, 5.74) is 1.01. The third kappa shape index (κ3) is 3.53. The Bertz CT molecular complexity index is 531. The number of halogens is 2. The molecule has 0 aliphatic carbocycles. The summed E-state index contributed by atoms with van der Waals surface area (Å²) < 4.78 is 5.83. The van der Waals surface area contributed by atoms with Crippen LogP contribution < -0.4 is 5.32 Å². The van der Waals surface area contributed by atoms with Gasteiger partial charge in [0.05, 0.1) is 6.04 Å². The van der Waals surface area contributed by atoms with Gasteiger partial charge in [-0.15, -0.1) is 0 Å². The second-order valence-corrected chi connectivity index (χ2v) is 5.22. The molecule has 0 fully saturated rings. The molecule has 0 amide bonds. The van der Waals surface area contributed by atoms with Crippen molar-refractivity contribution >= 4 is 23.2 Å². The van der Waals surface area contributed by atoms with Gasteiger partial charge < -0.3 is 9.73 Å². The number of hydrogen-bond acceptors (Lipinski definition) is 2. The van der Waals surface area contributed by atoms with Crippen LogP contribution in [-0.4, -0.2) is 6.54 Å². The van der Waals surface area contributed by atoms with Crippen LogP contribution in [0.3, 0.4) is 0 Å². The third-order valence-electron chi connectivity index (χ3n) is 2.94. The van der Waals surface area contributed by atoms with Gasteiger partial charge in [0.15, 0.2) is 0 Å². The lowest BCUT2D eigenvalue weighted by atomic mass is 10.0. The first kappa shape index (κ1) is 14.4. The summed E-state index contributed by atoms with van der Waals surface area (Å²) >= 11 is 12.1. The van der Waals surface area contributed by atoms with E-state index in [1.54, 1.807) is 6.07 Å². The number of aryl methyl sites for hydroxylation is 1. The van der Waals surface area contributed by atoms with Crippen LogP contribution >= 0.6 is 23.2 Å². The second kappa shape index (κ2) is 6.47. The summed E-state index contributed by atoms with van der Waals surface area (Å²) in [6.07, 6.45) is 0.884. The smallest absolute Gasteiger partial charge is 0.125 e. The predicted octanol–water partition coefficient (Wildman–Crippen LogP) is 4.85. The molecule has 0 saturated heterocycles. The Morgan fingerprint density at radius 3 is 2.32 bits per heavy atom. The second-order valence-electron chi connectivity index (χ2n) is 4.35. The zero-order valence-electron chi connectivity index (χ0n) is 11.0. The SMILES string of the molecule is CCNC(c1cc(Cl)cc(Cl)c1)c1ccc(CC)o1. The predicted molar refractivity (Wildman–Crippen MR) is 80.1 cm³/mol. The first-order valence-electron chi connectivity index (χ1n) is 6.42. The highest BCUT2D eigenvalue weighted by Crippen LogP contribution is 2.29. The monoisotopic (exact) mass is 297 g/mol. The first-order chi connectivity index (χ1) is 9.13. The minimum atomic E-state index is -0.0264. The van der Waals surface area contributed by atoms with Crippen molar-refractivity contribution in [1.29, 1.82) is 0 Å². The van der Waals surface area contributed by atoms with Gasteiger partial charge >= 0.3 is 0 Å². The van der Waals surface area contributed by atoms with Crippen molar-refractivity contribution in [3.63, 3.8) is 0 Å². The molecule has 0 radical (unpaired) electrons. The third-order valence-corrected chi connectivity index (χ3v) is 3.38. The standard InChI is InChI=1S/C15H17Cl2NO/c1-3-13-5-6-14(19-13)15(18-4-2)10-7-11(16)9-12(17)8-10/h5-9,15,18H,3-4H2,1-2H3. The van der Waals surface area contributed by atoms with Gasteiger partial charge in [0.25, 0.3) is 0 Å². The normalized spacial score (nSPS) is 12.6. The molecule has 1 aromatic carbocycles. The Labute approximate surface area is 123 Å². The first-order valence-corrected chi connectivity index (χ1v) is 7.17. The highest BCUT2D eigenvalue weighted by Gasteiger charge is 2.17. The maximum absolute atomic E-state index is 6.07. The van der Waals surface area contributed by atoms with E-state index in [2.05, 4.69) is 19.2 Å². The molecule has 4 heteroatoms. The summed E-state index contributed by atoms with van der Waals surface area (Å²) in [5.74, 6) is 1.86. The van der Waals surface area contributed by atoms with E-state index < -0.39 is 0 Å². The van der Waals surface area contributed by atoms with E-state index in [0.717, 1.165) is 30.0 Å². The lowest BCUT2D eigenvalue weighted by Gasteiger charge is -2.16. The average Bonchev–Trinajstić information content (AvgIpc) is 2.83. The van der Waals surface area contributed by atoms with E-state index >= 15 is 0 Å². The molecule has 1 N–H and O–H groups in total.